The molecule has 0 radical (unpaired) electrons. The molecule has 0 bridgehead atoms. The highest BCUT2D eigenvalue weighted by molar-refractivity contribution is 5.74. The lowest BCUT2D eigenvalue weighted by Crippen LogP contribution is -2.46. The molecule has 0 atom stereocenters. The molecule has 6 heteroatoms. The van der Waals surface area contributed by atoms with Crippen LogP contribution in [0.2, 0.25) is 0 Å². The van der Waals surface area contributed by atoms with Gasteiger partial charge in [-0.2, -0.15) is 0 Å². The molecule has 21 heavy (non-hydrogen) atoms. The van der Waals surface area contributed by atoms with Crippen LogP contribution in [0.15, 0.2) is 18.5 Å². The van der Waals surface area contributed by atoms with Crippen LogP contribution in [0, 0.1) is 0 Å². The van der Waals surface area contributed by atoms with Crippen molar-refractivity contribution in [1.82, 2.24) is 20.2 Å². The van der Waals surface area contributed by atoms with Crippen molar-refractivity contribution in [2.45, 2.75) is 51.7 Å². The van der Waals surface area contributed by atoms with Crippen molar-refractivity contribution in [3.63, 3.8) is 0 Å². The number of nitrogens with one attached hydrogen (secondary N) is 1. The van der Waals surface area contributed by atoms with Crippen molar-refractivity contribution in [2.24, 2.45) is 0 Å². The number of hydrogen-bond acceptors (Lipinski definition) is 4. The molecule has 0 saturated heterocycles. The maximum absolute atomic E-state index is 12.0. The normalized spacial score (nSPS) is 21.6. The molecular formula is C15H24N4O2. The van der Waals surface area contributed by atoms with Gasteiger partial charge in [0.25, 0.3) is 0 Å². The van der Waals surface area contributed by atoms with Crippen LogP contribution in [0.3, 0.4) is 0 Å². The molecule has 0 unspecified atom stereocenters. The molecule has 1 aromatic heterocycles. The molecule has 0 spiro atoms. The van der Waals surface area contributed by atoms with Crippen LogP contribution in [0.5, 0.6) is 6.01 Å². The lowest BCUT2D eigenvalue weighted by atomic mass is 9.93. The van der Waals surface area contributed by atoms with E-state index in [0.29, 0.717) is 6.01 Å². The monoisotopic (exact) mass is 292 g/mol. The first-order valence-corrected chi connectivity index (χ1v) is 7.72. The molecule has 1 aromatic rings. The van der Waals surface area contributed by atoms with Crippen LogP contribution in [-0.4, -0.2) is 46.1 Å². The number of hydrogen-bond donors (Lipinski definition) is 1. The molecule has 2 amide bonds. The molecule has 2 rings (SSSR count). The Kier molecular flexibility index (Phi) is 5.78. The van der Waals surface area contributed by atoms with Crippen molar-refractivity contribution < 1.29 is 9.53 Å². The van der Waals surface area contributed by atoms with Gasteiger partial charge in [-0.05, 0) is 45.6 Å². The molecular weight excluding hydrogens is 268 g/mol. The van der Waals surface area contributed by atoms with Gasteiger partial charge in [-0.15, -0.1) is 0 Å². The number of nitrogens with zero attached hydrogens (tertiary/aromatic N) is 3. The third-order valence-corrected chi connectivity index (χ3v) is 3.87. The van der Waals surface area contributed by atoms with Gasteiger partial charge in [0.1, 0.15) is 6.10 Å². The van der Waals surface area contributed by atoms with Gasteiger partial charge in [0.2, 0.25) is 0 Å². The lowest BCUT2D eigenvalue weighted by molar-refractivity contribution is 0.126. The van der Waals surface area contributed by atoms with Crippen LogP contribution in [0.4, 0.5) is 4.79 Å². The van der Waals surface area contributed by atoms with Crippen LogP contribution in [-0.2, 0) is 0 Å². The molecule has 1 aliphatic carbocycles. The van der Waals surface area contributed by atoms with Crippen molar-refractivity contribution in [1.29, 1.82) is 0 Å². The third kappa shape index (κ3) is 4.58. The summed E-state index contributed by atoms with van der Waals surface area (Å²) in [6.45, 7) is 5.47. The Bertz CT molecular complexity index is 429. The van der Waals surface area contributed by atoms with E-state index in [-0.39, 0.29) is 18.2 Å². The van der Waals surface area contributed by atoms with E-state index in [1.807, 2.05) is 13.8 Å². The summed E-state index contributed by atoms with van der Waals surface area (Å²) in [4.78, 5) is 22.0. The molecule has 1 fully saturated rings. The highest BCUT2D eigenvalue weighted by atomic mass is 16.5. The maximum Gasteiger partial charge on any atom is 0.317 e. The zero-order chi connectivity index (χ0) is 15.1. The predicted molar refractivity (Wildman–Crippen MR) is 80.2 cm³/mol. The molecule has 1 N–H and O–H groups in total. The largest absolute Gasteiger partial charge is 0.460 e. The standard InChI is InChI=1S/C15H24N4O2/c1-3-19(4-2)15(20)18-12-6-8-13(9-7-12)21-14-16-10-5-11-17-14/h5,10-13H,3-4,6-9H2,1-2H3,(H,18,20). The van der Waals surface area contributed by atoms with E-state index in [1.54, 1.807) is 23.4 Å². The summed E-state index contributed by atoms with van der Waals surface area (Å²) in [6, 6.07) is 2.49. The van der Waals surface area contributed by atoms with Gasteiger partial charge >= 0.3 is 12.0 Å². The molecule has 0 aromatic carbocycles. The smallest absolute Gasteiger partial charge is 0.317 e. The fourth-order valence-corrected chi connectivity index (χ4v) is 2.60. The third-order valence-electron chi connectivity index (χ3n) is 3.87. The van der Waals surface area contributed by atoms with Crippen molar-refractivity contribution in [2.75, 3.05) is 13.1 Å². The van der Waals surface area contributed by atoms with Gasteiger partial charge < -0.3 is 15.0 Å². The summed E-state index contributed by atoms with van der Waals surface area (Å²) in [5, 5.41) is 3.11. The number of carbonyl (C=O) groups excluding carboxylic acids is 1. The first-order valence-electron chi connectivity index (χ1n) is 7.72. The zero-order valence-corrected chi connectivity index (χ0v) is 12.8. The maximum atomic E-state index is 12.0. The van der Waals surface area contributed by atoms with Crippen molar-refractivity contribution in [3.8, 4) is 6.01 Å². The van der Waals surface area contributed by atoms with E-state index in [9.17, 15) is 4.79 Å². The molecule has 1 saturated carbocycles. The number of rotatable bonds is 5. The summed E-state index contributed by atoms with van der Waals surface area (Å²) in [5.41, 5.74) is 0. The average molecular weight is 292 g/mol. The molecule has 116 valence electrons. The number of aromatic nitrogens is 2. The topological polar surface area (TPSA) is 67.4 Å². The summed E-state index contributed by atoms with van der Waals surface area (Å²) in [5.74, 6) is 0. The Morgan fingerprint density at radius 3 is 2.43 bits per heavy atom. The van der Waals surface area contributed by atoms with Gasteiger partial charge in [-0.3, -0.25) is 0 Å². The number of amides is 2. The van der Waals surface area contributed by atoms with E-state index in [0.717, 1.165) is 38.8 Å². The minimum Gasteiger partial charge on any atom is -0.460 e. The second kappa shape index (κ2) is 7.81. The van der Waals surface area contributed by atoms with Gasteiger partial charge in [0.05, 0.1) is 0 Å². The summed E-state index contributed by atoms with van der Waals surface area (Å²) >= 11 is 0. The second-order valence-electron chi connectivity index (χ2n) is 5.24. The van der Waals surface area contributed by atoms with Crippen LogP contribution in [0.1, 0.15) is 39.5 Å². The zero-order valence-electron chi connectivity index (χ0n) is 12.8. The highest BCUT2D eigenvalue weighted by Gasteiger charge is 2.25. The summed E-state index contributed by atoms with van der Waals surface area (Å²) < 4.78 is 5.75. The van der Waals surface area contributed by atoms with Gasteiger partial charge in [-0.1, -0.05) is 0 Å². The van der Waals surface area contributed by atoms with E-state index in [1.165, 1.54) is 0 Å². The van der Waals surface area contributed by atoms with E-state index in [4.69, 9.17) is 4.74 Å². The van der Waals surface area contributed by atoms with Crippen LogP contribution >= 0.6 is 0 Å². The minimum atomic E-state index is 0.0377. The fraction of sp³-hybridized carbons (Fsp3) is 0.667. The first kappa shape index (κ1) is 15.5. The van der Waals surface area contributed by atoms with Crippen LogP contribution < -0.4 is 10.1 Å². The Labute approximate surface area is 125 Å². The predicted octanol–water partition coefficient (Wildman–Crippen LogP) is 2.22. The molecule has 1 heterocycles. The molecule has 6 nitrogen and oxygen atoms in total. The molecule has 0 aliphatic heterocycles. The van der Waals surface area contributed by atoms with Crippen LogP contribution in [0.25, 0.3) is 0 Å². The van der Waals surface area contributed by atoms with Gasteiger partial charge in [-0.25, -0.2) is 14.8 Å². The van der Waals surface area contributed by atoms with Crippen molar-refractivity contribution >= 4 is 6.03 Å². The Morgan fingerprint density at radius 1 is 1.24 bits per heavy atom. The molecule has 1 aliphatic rings. The first-order chi connectivity index (χ1) is 10.2. The van der Waals surface area contributed by atoms with Gasteiger partial charge in [0, 0.05) is 31.5 Å². The SMILES string of the molecule is CCN(CC)C(=O)NC1CCC(Oc2ncccn2)CC1. The quantitative estimate of drug-likeness (QED) is 0.903. The summed E-state index contributed by atoms with van der Waals surface area (Å²) in [7, 11) is 0. The lowest BCUT2D eigenvalue weighted by Gasteiger charge is -2.30. The van der Waals surface area contributed by atoms with Gasteiger partial charge in [0.15, 0.2) is 0 Å². The fourth-order valence-electron chi connectivity index (χ4n) is 2.60. The Balaban J connectivity index is 1.74. The number of urea groups is 1. The van der Waals surface area contributed by atoms with E-state index >= 15 is 0 Å². The Hall–Kier alpha value is -1.85. The second-order valence-corrected chi connectivity index (χ2v) is 5.24. The minimum absolute atomic E-state index is 0.0377. The average Bonchev–Trinajstić information content (AvgIpc) is 2.51. The van der Waals surface area contributed by atoms with E-state index in [2.05, 4.69) is 15.3 Å². The summed E-state index contributed by atoms with van der Waals surface area (Å²) in [6.07, 6.45) is 7.21. The Morgan fingerprint density at radius 2 is 1.86 bits per heavy atom. The van der Waals surface area contributed by atoms with E-state index < -0.39 is 0 Å². The van der Waals surface area contributed by atoms with Crippen molar-refractivity contribution in [3.05, 3.63) is 18.5 Å². The number of carbonyl (C=O) groups is 1. The number of ether oxygens (including phenoxy) is 1. The highest BCUT2D eigenvalue weighted by Crippen LogP contribution is 2.22.